The Balaban J connectivity index is 1.79. The first-order chi connectivity index (χ1) is 12.4. The third-order valence-corrected chi connectivity index (χ3v) is 5.53. The Hall–Kier alpha value is -2.05. The fourth-order valence-electron chi connectivity index (χ4n) is 3.14. The van der Waals surface area contributed by atoms with Crippen molar-refractivity contribution in [1.82, 2.24) is 9.78 Å². The number of aromatic nitrogens is 2. The summed E-state index contributed by atoms with van der Waals surface area (Å²) < 4.78 is 1.21. The van der Waals surface area contributed by atoms with E-state index in [2.05, 4.69) is 10.4 Å². The van der Waals surface area contributed by atoms with Crippen molar-refractivity contribution in [3.8, 4) is 5.69 Å². The first-order valence-corrected chi connectivity index (χ1v) is 9.16. The quantitative estimate of drug-likeness (QED) is 0.819. The molecule has 138 valence electrons. The van der Waals surface area contributed by atoms with Gasteiger partial charge in [0.15, 0.2) is 0 Å². The Morgan fingerprint density at radius 1 is 1.27 bits per heavy atom. The molecule has 0 atom stereocenters. The van der Waals surface area contributed by atoms with E-state index in [1.807, 2.05) is 13.0 Å². The summed E-state index contributed by atoms with van der Waals surface area (Å²) in [5.74, 6) is -1.04. The van der Waals surface area contributed by atoms with Crippen LogP contribution in [0.5, 0.6) is 0 Å². The Kier molecular flexibility index (Phi) is 5.53. The van der Waals surface area contributed by atoms with Gasteiger partial charge in [0.1, 0.15) is 5.02 Å². The molecule has 0 aliphatic heterocycles. The number of anilines is 1. The van der Waals surface area contributed by atoms with Gasteiger partial charge >= 0.3 is 5.97 Å². The summed E-state index contributed by atoms with van der Waals surface area (Å²) in [5, 5.41) is 17.1. The third-order valence-electron chi connectivity index (χ3n) is 4.75. The summed E-state index contributed by atoms with van der Waals surface area (Å²) in [6.07, 6.45) is 4.16. The first-order valence-electron chi connectivity index (χ1n) is 8.40. The number of hydrogen-bond acceptors (Lipinski definition) is 4. The van der Waals surface area contributed by atoms with Gasteiger partial charge in [0, 0.05) is 11.1 Å². The minimum absolute atomic E-state index is 0.0528. The molecule has 0 amide bonds. The molecule has 6 nitrogen and oxygen atoms in total. The van der Waals surface area contributed by atoms with Crippen LogP contribution in [0.4, 0.5) is 5.69 Å². The summed E-state index contributed by atoms with van der Waals surface area (Å²) in [4.78, 5) is 23.6. The zero-order valence-corrected chi connectivity index (χ0v) is 15.7. The maximum absolute atomic E-state index is 12.6. The average Bonchev–Trinajstić information content (AvgIpc) is 2.62. The normalized spacial score (nSPS) is 20.0. The SMILES string of the molecule is Cc1ccc(-n2ncc(NC3CCC(C(=O)O)CC3)c(Cl)c2=O)cc1Cl. The molecule has 1 aliphatic carbocycles. The summed E-state index contributed by atoms with van der Waals surface area (Å²) in [6, 6.07) is 5.31. The number of aryl methyl sites for hydroxylation is 1. The van der Waals surface area contributed by atoms with Gasteiger partial charge in [-0.1, -0.05) is 29.3 Å². The molecule has 0 saturated heterocycles. The number of carboxylic acid groups (broad SMARTS) is 1. The van der Waals surface area contributed by atoms with Gasteiger partial charge in [0.05, 0.1) is 23.5 Å². The van der Waals surface area contributed by atoms with Gasteiger partial charge in [-0.05, 0) is 50.3 Å². The standard InChI is InChI=1S/C18H19Cl2N3O3/c1-10-2-7-13(8-14(10)19)23-17(24)16(20)15(9-21-23)22-12-5-3-11(4-6-12)18(25)26/h2,7-9,11-12,22H,3-6H2,1H3,(H,25,26). The molecule has 1 heterocycles. The highest BCUT2D eigenvalue weighted by Crippen LogP contribution is 2.28. The van der Waals surface area contributed by atoms with Crippen LogP contribution in [0.2, 0.25) is 10.0 Å². The second kappa shape index (κ2) is 7.68. The lowest BCUT2D eigenvalue weighted by Crippen LogP contribution is -2.30. The monoisotopic (exact) mass is 395 g/mol. The molecule has 1 aromatic carbocycles. The largest absolute Gasteiger partial charge is 0.481 e. The van der Waals surface area contributed by atoms with Crippen molar-refractivity contribution in [3.05, 3.63) is 50.4 Å². The molecule has 1 saturated carbocycles. The second-order valence-corrected chi connectivity index (χ2v) is 7.34. The number of benzene rings is 1. The number of rotatable bonds is 4. The summed E-state index contributed by atoms with van der Waals surface area (Å²) in [7, 11) is 0. The van der Waals surface area contributed by atoms with E-state index < -0.39 is 11.5 Å². The maximum Gasteiger partial charge on any atom is 0.306 e. The van der Waals surface area contributed by atoms with Crippen molar-refractivity contribution in [3.63, 3.8) is 0 Å². The first kappa shape index (κ1) is 18.7. The molecule has 1 aromatic heterocycles. The van der Waals surface area contributed by atoms with Crippen LogP contribution in [0.15, 0.2) is 29.2 Å². The minimum Gasteiger partial charge on any atom is -0.481 e. The third kappa shape index (κ3) is 3.86. The Morgan fingerprint density at radius 3 is 2.58 bits per heavy atom. The maximum atomic E-state index is 12.6. The van der Waals surface area contributed by atoms with Crippen molar-refractivity contribution in [2.24, 2.45) is 5.92 Å². The molecule has 0 radical (unpaired) electrons. The van der Waals surface area contributed by atoms with Crippen LogP contribution < -0.4 is 10.9 Å². The van der Waals surface area contributed by atoms with E-state index in [0.29, 0.717) is 42.1 Å². The molecule has 2 N–H and O–H groups in total. The van der Waals surface area contributed by atoms with Gasteiger partial charge in [-0.2, -0.15) is 9.78 Å². The smallest absolute Gasteiger partial charge is 0.306 e. The number of carboxylic acids is 1. The molecule has 1 fully saturated rings. The lowest BCUT2D eigenvalue weighted by atomic mass is 9.86. The van der Waals surface area contributed by atoms with E-state index in [9.17, 15) is 9.59 Å². The van der Waals surface area contributed by atoms with Gasteiger partial charge in [0.25, 0.3) is 5.56 Å². The second-order valence-electron chi connectivity index (χ2n) is 6.55. The van der Waals surface area contributed by atoms with Crippen LogP contribution in [0.1, 0.15) is 31.2 Å². The highest BCUT2D eigenvalue weighted by atomic mass is 35.5. The van der Waals surface area contributed by atoms with E-state index in [4.69, 9.17) is 28.3 Å². The number of hydrogen-bond donors (Lipinski definition) is 2. The Bertz CT molecular complexity index is 890. The van der Waals surface area contributed by atoms with Crippen LogP contribution in [0.3, 0.4) is 0 Å². The summed E-state index contributed by atoms with van der Waals surface area (Å²) in [6.45, 7) is 1.88. The zero-order chi connectivity index (χ0) is 18.8. The van der Waals surface area contributed by atoms with Crippen molar-refractivity contribution in [1.29, 1.82) is 0 Å². The number of aliphatic carboxylic acids is 1. The van der Waals surface area contributed by atoms with Crippen LogP contribution in [0, 0.1) is 12.8 Å². The van der Waals surface area contributed by atoms with Gasteiger partial charge in [-0.15, -0.1) is 0 Å². The van der Waals surface area contributed by atoms with Crippen LogP contribution in [0.25, 0.3) is 5.69 Å². The van der Waals surface area contributed by atoms with E-state index in [1.54, 1.807) is 12.1 Å². The fraction of sp³-hybridized carbons (Fsp3) is 0.389. The van der Waals surface area contributed by atoms with Crippen molar-refractivity contribution in [2.75, 3.05) is 5.32 Å². The number of nitrogens with one attached hydrogen (secondary N) is 1. The highest BCUT2D eigenvalue weighted by Gasteiger charge is 2.26. The topological polar surface area (TPSA) is 84.2 Å². The lowest BCUT2D eigenvalue weighted by molar-refractivity contribution is -0.142. The van der Waals surface area contributed by atoms with Crippen LogP contribution >= 0.6 is 23.2 Å². The van der Waals surface area contributed by atoms with Gasteiger partial charge in [-0.25, -0.2) is 0 Å². The van der Waals surface area contributed by atoms with Gasteiger partial charge < -0.3 is 10.4 Å². The van der Waals surface area contributed by atoms with E-state index in [1.165, 1.54) is 10.9 Å². The van der Waals surface area contributed by atoms with E-state index in [-0.39, 0.29) is 17.0 Å². The predicted octanol–water partition coefficient (Wildman–Crippen LogP) is 3.90. The molecule has 0 unspecified atom stereocenters. The van der Waals surface area contributed by atoms with Crippen LogP contribution in [-0.2, 0) is 4.79 Å². The lowest BCUT2D eigenvalue weighted by Gasteiger charge is -2.27. The molecule has 8 heteroatoms. The van der Waals surface area contributed by atoms with Crippen LogP contribution in [-0.4, -0.2) is 26.9 Å². The Labute approximate surface area is 160 Å². The van der Waals surface area contributed by atoms with Gasteiger partial charge in [0.2, 0.25) is 0 Å². The molecule has 1 aliphatic rings. The van der Waals surface area contributed by atoms with E-state index in [0.717, 1.165) is 5.56 Å². The molecule has 0 spiro atoms. The molecular formula is C18H19Cl2N3O3. The van der Waals surface area contributed by atoms with Crippen molar-refractivity contribution >= 4 is 34.9 Å². The van der Waals surface area contributed by atoms with Gasteiger partial charge in [-0.3, -0.25) is 9.59 Å². The van der Waals surface area contributed by atoms with E-state index >= 15 is 0 Å². The molecule has 3 rings (SSSR count). The fourth-order valence-corrected chi connectivity index (χ4v) is 3.49. The predicted molar refractivity (Wildman–Crippen MR) is 102 cm³/mol. The Morgan fingerprint density at radius 2 is 1.96 bits per heavy atom. The van der Waals surface area contributed by atoms with Crippen molar-refractivity contribution in [2.45, 2.75) is 38.6 Å². The minimum atomic E-state index is -0.748. The summed E-state index contributed by atoms with van der Waals surface area (Å²) in [5.41, 5.74) is 1.48. The number of nitrogens with zero attached hydrogens (tertiary/aromatic N) is 2. The van der Waals surface area contributed by atoms with Crippen molar-refractivity contribution < 1.29 is 9.90 Å². The molecule has 2 aromatic rings. The average molecular weight is 396 g/mol. The summed E-state index contributed by atoms with van der Waals surface area (Å²) >= 11 is 12.4. The number of halogens is 2. The molecular weight excluding hydrogens is 377 g/mol. The molecule has 0 bridgehead atoms. The highest BCUT2D eigenvalue weighted by molar-refractivity contribution is 6.33. The molecule has 26 heavy (non-hydrogen) atoms. The zero-order valence-electron chi connectivity index (χ0n) is 14.2. The number of carbonyl (C=O) groups is 1.